The molecule has 1 aromatic rings. The molecule has 0 saturated heterocycles. The van der Waals surface area contributed by atoms with Crippen molar-refractivity contribution < 1.29 is 14.7 Å². The van der Waals surface area contributed by atoms with Crippen LogP contribution in [-0.4, -0.2) is 34.5 Å². The first-order valence-electron chi connectivity index (χ1n) is 6.52. The number of hydrogen-bond donors (Lipinski definition) is 1. The zero-order valence-electron chi connectivity index (χ0n) is 10.9. The molecule has 1 aromatic heterocycles. The van der Waals surface area contributed by atoms with Gasteiger partial charge in [0.05, 0.1) is 4.34 Å². The van der Waals surface area contributed by atoms with E-state index in [0.717, 1.165) is 30.6 Å². The van der Waals surface area contributed by atoms with E-state index < -0.39 is 5.97 Å². The molecule has 0 unspecified atom stereocenters. The molecule has 0 atom stereocenters. The third kappa shape index (κ3) is 4.08. The minimum atomic E-state index is -0.974. The molecule has 1 aliphatic carbocycles. The Morgan fingerprint density at radius 1 is 1.40 bits per heavy atom. The monoisotopic (exact) mass is 313 g/mol. The first-order valence-corrected chi connectivity index (χ1v) is 7.71. The maximum Gasteiger partial charge on any atom is 0.323 e. The van der Waals surface area contributed by atoms with E-state index in [4.69, 9.17) is 16.7 Å². The summed E-state index contributed by atoms with van der Waals surface area (Å²) in [7, 11) is 0. The molecule has 4 nitrogen and oxygen atoms in total. The summed E-state index contributed by atoms with van der Waals surface area (Å²) in [6.45, 7) is -0.237. The van der Waals surface area contributed by atoms with Crippen LogP contribution in [0.1, 0.15) is 30.6 Å². The standard InChI is InChI=1S/C14H16ClNO3S/c15-12-7-5-11(20-12)6-8-13(17)16(9-14(18)19)10-3-1-2-4-10/h5-8,10H,1-4,9H2,(H,18,19)/b8-6+. The van der Waals surface area contributed by atoms with Crippen LogP contribution in [0.15, 0.2) is 18.2 Å². The molecule has 108 valence electrons. The first-order chi connectivity index (χ1) is 9.56. The highest BCUT2D eigenvalue weighted by Crippen LogP contribution is 2.25. The van der Waals surface area contributed by atoms with E-state index in [1.165, 1.54) is 22.3 Å². The van der Waals surface area contributed by atoms with Gasteiger partial charge < -0.3 is 10.0 Å². The molecule has 1 fully saturated rings. The van der Waals surface area contributed by atoms with Crippen molar-refractivity contribution in [3.63, 3.8) is 0 Å². The molecule has 0 aliphatic heterocycles. The van der Waals surface area contributed by atoms with Gasteiger partial charge in [0.25, 0.3) is 0 Å². The lowest BCUT2D eigenvalue weighted by molar-refractivity contribution is -0.144. The van der Waals surface area contributed by atoms with Crippen molar-refractivity contribution in [3.8, 4) is 0 Å². The van der Waals surface area contributed by atoms with Crippen LogP contribution in [0.5, 0.6) is 0 Å². The molecule has 0 spiro atoms. The molecule has 0 bridgehead atoms. The topological polar surface area (TPSA) is 57.6 Å². The highest BCUT2D eigenvalue weighted by molar-refractivity contribution is 7.17. The van der Waals surface area contributed by atoms with Crippen molar-refractivity contribution in [2.75, 3.05) is 6.54 Å². The van der Waals surface area contributed by atoms with Gasteiger partial charge in [-0.1, -0.05) is 24.4 Å². The SMILES string of the molecule is O=C(O)CN(C(=O)/C=C/c1ccc(Cl)s1)C1CCCC1. The minimum absolute atomic E-state index is 0.0511. The molecule has 0 radical (unpaired) electrons. The van der Waals surface area contributed by atoms with Crippen LogP contribution in [0.4, 0.5) is 0 Å². The van der Waals surface area contributed by atoms with Crippen LogP contribution in [0.25, 0.3) is 6.08 Å². The molecule has 1 N–H and O–H groups in total. The van der Waals surface area contributed by atoms with E-state index in [9.17, 15) is 9.59 Å². The predicted octanol–water partition coefficient (Wildman–Crippen LogP) is 3.27. The minimum Gasteiger partial charge on any atom is -0.480 e. The number of hydrogen-bond acceptors (Lipinski definition) is 3. The van der Waals surface area contributed by atoms with Crippen LogP contribution < -0.4 is 0 Å². The summed E-state index contributed by atoms with van der Waals surface area (Å²) in [5, 5.41) is 8.95. The number of amides is 1. The Bertz CT molecular complexity index is 520. The number of carbonyl (C=O) groups excluding carboxylic acids is 1. The van der Waals surface area contributed by atoms with Crippen molar-refractivity contribution in [2.24, 2.45) is 0 Å². The van der Waals surface area contributed by atoms with Gasteiger partial charge in [0.1, 0.15) is 6.54 Å². The molecule has 1 heterocycles. The van der Waals surface area contributed by atoms with Gasteiger partial charge in [-0.25, -0.2) is 0 Å². The summed E-state index contributed by atoms with van der Waals surface area (Å²) in [6.07, 6.45) is 7.00. The number of carboxylic acid groups (broad SMARTS) is 1. The number of carboxylic acids is 1. The van der Waals surface area contributed by atoms with Gasteiger partial charge in [0.15, 0.2) is 0 Å². The third-order valence-corrected chi connectivity index (χ3v) is 4.53. The Hall–Kier alpha value is -1.33. The van der Waals surface area contributed by atoms with Gasteiger partial charge in [-0.2, -0.15) is 0 Å². The average molecular weight is 314 g/mol. The smallest absolute Gasteiger partial charge is 0.323 e. The summed E-state index contributed by atoms with van der Waals surface area (Å²) in [6, 6.07) is 3.64. The molecule has 6 heteroatoms. The molecule has 2 rings (SSSR count). The largest absolute Gasteiger partial charge is 0.480 e. The van der Waals surface area contributed by atoms with Crippen LogP contribution >= 0.6 is 22.9 Å². The number of nitrogens with zero attached hydrogens (tertiary/aromatic N) is 1. The average Bonchev–Trinajstić information content (AvgIpc) is 3.04. The molecule has 1 saturated carbocycles. The van der Waals surface area contributed by atoms with Crippen molar-refractivity contribution >= 4 is 40.9 Å². The summed E-state index contributed by atoms with van der Waals surface area (Å²) in [5.74, 6) is -1.22. The predicted molar refractivity (Wildman–Crippen MR) is 80.0 cm³/mol. The van der Waals surface area contributed by atoms with Crippen LogP contribution in [0.3, 0.4) is 0 Å². The van der Waals surface area contributed by atoms with Gasteiger partial charge in [0.2, 0.25) is 5.91 Å². The maximum absolute atomic E-state index is 12.2. The van der Waals surface area contributed by atoms with Crippen molar-refractivity contribution in [1.82, 2.24) is 4.90 Å². The summed E-state index contributed by atoms with van der Waals surface area (Å²) >= 11 is 7.20. The number of aliphatic carboxylic acids is 1. The normalized spacial score (nSPS) is 15.8. The van der Waals surface area contributed by atoms with Gasteiger partial charge in [-0.3, -0.25) is 9.59 Å². The lowest BCUT2D eigenvalue weighted by Gasteiger charge is -2.26. The van der Waals surface area contributed by atoms with Gasteiger partial charge in [0, 0.05) is 17.0 Å². The van der Waals surface area contributed by atoms with Crippen molar-refractivity contribution in [2.45, 2.75) is 31.7 Å². The van der Waals surface area contributed by atoms with E-state index >= 15 is 0 Å². The quantitative estimate of drug-likeness (QED) is 0.849. The Kier molecular flexibility index (Phi) is 5.20. The second-order valence-corrected chi connectivity index (χ2v) is 6.52. The highest BCUT2D eigenvalue weighted by Gasteiger charge is 2.26. The van der Waals surface area contributed by atoms with E-state index in [1.54, 1.807) is 12.1 Å². The first kappa shape index (κ1) is 15.1. The van der Waals surface area contributed by atoms with Crippen LogP contribution in [0, 0.1) is 0 Å². The zero-order chi connectivity index (χ0) is 14.5. The lowest BCUT2D eigenvalue weighted by atomic mass is 10.2. The molecule has 1 amide bonds. The fraction of sp³-hybridized carbons (Fsp3) is 0.429. The lowest BCUT2D eigenvalue weighted by Crippen LogP contribution is -2.41. The second-order valence-electron chi connectivity index (χ2n) is 4.77. The van der Waals surface area contributed by atoms with E-state index in [1.807, 2.05) is 6.07 Å². The molecule has 0 aromatic carbocycles. The summed E-state index contributed by atoms with van der Waals surface area (Å²) in [5.41, 5.74) is 0. The van der Waals surface area contributed by atoms with Crippen molar-refractivity contribution in [1.29, 1.82) is 0 Å². The number of halogens is 1. The fourth-order valence-electron chi connectivity index (χ4n) is 2.42. The Morgan fingerprint density at radius 2 is 2.10 bits per heavy atom. The fourth-order valence-corrected chi connectivity index (χ4v) is 3.38. The third-order valence-electron chi connectivity index (χ3n) is 3.34. The maximum atomic E-state index is 12.2. The van der Waals surface area contributed by atoms with E-state index in [0.29, 0.717) is 4.34 Å². The molecule has 1 aliphatic rings. The van der Waals surface area contributed by atoms with Gasteiger partial charge in [-0.15, -0.1) is 11.3 Å². The highest BCUT2D eigenvalue weighted by atomic mass is 35.5. The number of carbonyl (C=O) groups is 2. The van der Waals surface area contributed by atoms with Crippen molar-refractivity contribution in [3.05, 3.63) is 27.4 Å². The molecular formula is C14H16ClNO3S. The Morgan fingerprint density at radius 3 is 2.65 bits per heavy atom. The second kappa shape index (κ2) is 6.90. The van der Waals surface area contributed by atoms with Crippen LogP contribution in [-0.2, 0) is 9.59 Å². The Balaban J connectivity index is 2.05. The Labute approximate surface area is 126 Å². The summed E-state index contributed by atoms with van der Waals surface area (Å²) in [4.78, 5) is 25.4. The van der Waals surface area contributed by atoms with E-state index in [-0.39, 0.29) is 18.5 Å². The van der Waals surface area contributed by atoms with E-state index in [2.05, 4.69) is 0 Å². The zero-order valence-corrected chi connectivity index (χ0v) is 12.5. The summed E-state index contributed by atoms with van der Waals surface area (Å²) < 4.78 is 0.662. The molecule has 20 heavy (non-hydrogen) atoms. The number of rotatable bonds is 5. The van der Waals surface area contributed by atoms with Gasteiger partial charge in [-0.05, 0) is 31.1 Å². The molecular weight excluding hydrogens is 298 g/mol. The van der Waals surface area contributed by atoms with Gasteiger partial charge >= 0.3 is 5.97 Å². The number of thiophene rings is 1. The van der Waals surface area contributed by atoms with Crippen LogP contribution in [0.2, 0.25) is 4.34 Å².